The van der Waals surface area contributed by atoms with Gasteiger partial charge in [0.2, 0.25) is 0 Å². The third-order valence-corrected chi connectivity index (χ3v) is 8.50. The maximum atomic E-state index is 15.8. The van der Waals surface area contributed by atoms with Crippen LogP contribution in [0.3, 0.4) is 0 Å². The summed E-state index contributed by atoms with van der Waals surface area (Å²) in [5, 5.41) is 18.7. The maximum Gasteiger partial charge on any atom is 0.338 e. The van der Waals surface area contributed by atoms with Crippen LogP contribution in [0.5, 0.6) is 5.75 Å². The van der Waals surface area contributed by atoms with Gasteiger partial charge in [0.25, 0.3) is 0 Å². The molecule has 224 valence electrons. The second-order valence-corrected chi connectivity index (χ2v) is 11.9. The number of ether oxygens (including phenoxy) is 1. The number of aliphatic hydroxyl groups is 2. The molecule has 4 nitrogen and oxygen atoms in total. The number of rotatable bonds is 13. The van der Waals surface area contributed by atoms with Gasteiger partial charge in [0.15, 0.2) is 0 Å². The number of carbonyl (C=O) groups excluding carboxylic acids is 1. The van der Waals surface area contributed by atoms with E-state index in [0.717, 1.165) is 65.8 Å². The Morgan fingerprint density at radius 3 is 2.33 bits per heavy atom. The van der Waals surface area contributed by atoms with E-state index in [1.165, 1.54) is 12.8 Å². The van der Waals surface area contributed by atoms with Gasteiger partial charge in [-0.3, -0.25) is 0 Å². The first-order valence-electron chi connectivity index (χ1n) is 15.5. The molecule has 42 heavy (non-hydrogen) atoms. The van der Waals surface area contributed by atoms with Gasteiger partial charge in [-0.15, -0.1) is 0 Å². The Labute approximate surface area is 250 Å². The molecular weight excluding hydrogens is 527 g/mol. The Morgan fingerprint density at radius 1 is 0.881 bits per heavy atom. The molecule has 0 aromatic heterocycles. The minimum atomic E-state index is -0.520. The fourth-order valence-corrected chi connectivity index (χ4v) is 5.98. The molecule has 4 rings (SSSR count). The van der Waals surface area contributed by atoms with E-state index in [1.54, 1.807) is 19.1 Å². The van der Waals surface area contributed by atoms with Gasteiger partial charge in [-0.1, -0.05) is 69.2 Å². The number of unbranched alkanes of at least 4 members (excludes halogenated alkanes) is 2. The predicted octanol–water partition coefficient (Wildman–Crippen LogP) is 8.56. The van der Waals surface area contributed by atoms with Crippen LogP contribution < -0.4 is 4.74 Å². The second-order valence-electron chi connectivity index (χ2n) is 11.9. The molecule has 0 saturated heterocycles. The van der Waals surface area contributed by atoms with E-state index in [0.29, 0.717) is 42.1 Å². The standard InChI is InChI=1S/C37H45FO4/c1-25(2)37(41)42-36-24-31(32-18-17-29(23-35(32)38)28-15-13-26(3)14-16-28)22-34(33(36)12-5-4-6-19-39)30-11-7-9-27(21-30)10-8-20-40/h7,9,11,17-18,21-24,26,28,39-40H,1,4-6,8,10,12-16,19-20H2,2-3H3. The lowest BCUT2D eigenvalue weighted by molar-refractivity contribution is -0.130. The van der Waals surface area contributed by atoms with Crippen molar-refractivity contribution < 1.29 is 24.1 Å². The van der Waals surface area contributed by atoms with Crippen molar-refractivity contribution >= 4 is 5.97 Å². The summed E-state index contributed by atoms with van der Waals surface area (Å²) in [7, 11) is 0. The van der Waals surface area contributed by atoms with Crippen LogP contribution in [0.2, 0.25) is 0 Å². The normalized spacial score (nSPS) is 16.8. The molecular formula is C37H45FO4. The van der Waals surface area contributed by atoms with Gasteiger partial charge in [0.05, 0.1) is 0 Å². The summed E-state index contributed by atoms with van der Waals surface area (Å²) in [5.74, 6) is 0.726. The third kappa shape index (κ3) is 8.17. The lowest BCUT2D eigenvalue weighted by Gasteiger charge is -2.26. The number of hydrogen-bond acceptors (Lipinski definition) is 4. The molecule has 3 aromatic carbocycles. The Kier molecular flexibility index (Phi) is 11.5. The first-order valence-corrected chi connectivity index (χ1v) is 15.5. The number of benzene rings is 3. The van der Waals surface area contributed by atoms with Crippen LogP contribution >= 0.6 is 0 Å². The highest BCUT2D eigenvalue weighted by molar-refractivity contribution is 5.90. The van der Waals surface area contributed by atoms with Crippen LogP contribution in [0.4, 0.5) is 4.39 Å². The number of halogens is 1. The number of esters is 1. The SMILES string of the molecule is C=C(C)C(=O)Oc1cc(-c2ccc(C3CCC(C)CC3)cc2F)cc(-c2cccc(CCCO)c2)c1CCCCCO. The van der Waals surface area contributed by atoms with Crippen LogP contribution in [-0.2, 0) is 17.6 Å². The quantitative estimate of drug-likeness (QED) is 0.0932. The molecule has 1 fully saturated rings. The van der Waals surface area contributed by atoms with Crippen molar-refractivity contribution in [2.75, 3.05) is 13.2 Å². The minimum Gasteiger partial charge on any atom is -0.423 e. The largest absolute Gasteiger partial charge is 0.423 e. The highest BCUT2D eigenvalue weighted by Gasteiger charge is 2.22. The minimum absolute atomic E-state index is 0.117. The maximum absolute atomic E-state index is 15.8. The summed E-state index contributed by atoms with van der Waals surface area (Å²) in [6.45, 7) is 7.91. The monoisotopic (exact) mass is 572 g/mol. The van der Waals surface area contributed by atoms with E-state index < -0.39 is 5.97 Å². The third-order valence-electron chi connectivity index (χ3n) is 8.50. The molecule has 5 heteroatoms. The number of carbonyl (C=O) groups is 1. The topological polar surface area (TPSA) is 66.8 Å². The summed E-state index contributed by atoms with van der Waals surface area (Å²) < 4.78 is 21.8. The summed E-state index contributed by atoms with van der Waals surface area (Å²) >= 11 is 0. The first kappa shape index (κ1) is 31.7. The van der Waals surface area contributed by atoms with Crippen LogP contribution in [0.1, 0.15) is 87.8 Å². The number of aryl methyl sites for hydroxylation is 1. The van der Waals surface area contributed by atoms with Crippen molar-refractivity contribution in [3.05, 3.63) is 89.3 Å². The fraction of sp³-hybridized carbons (Fsp3) is 0.432. The molecule has 2 N–H and O–H groups in total. The summed E-state index contributed by atoms with van der Waals surface area (Å²) in [4.78, 5) is 12.8. The van der Waals surface area contributed by atoms with E-state index in [9.17, 15) is 15.0 Å². The molecule has 0 radical (unpaired) electrons. The van der Waals surface area contributed by atoms with Crippen molar-refractivity contribution in [1.82, 2.24) is 0 Å². The van der Waals surface area contributed by atoms with Crippen molar-refractivity contribution in [1.29, 1.82) is 0 Å². The Bertz CT molecular complexity index is 1370. The van der Waals surface area contributed by atoms with Gasteiger partial charge < -0.3 is 14.9 Å². The van der Waals surface area contributed by atoms with Crippen molar-refractivity contribution in [3.63, 3.8) is 0 Å². The Balaban J connectivity index is 1.82. The summed E-state index contributed by atoms with van der Waals surface area (Å²) in [5.41, 5.74) is 6.26. The highest BCUT2D eigenvalue weighted by Crippen LogP contribution is 2.41. The fourth-order valence-electron chi connectivity index (χ4n) is 5.98. The average Bonchev–Trinajstić information content (AvgIpc) is 2.99. The number of hydrogen-bond donors (Lipinski definition) is 2. The Hall–Kier alpha value is -3.28. The van der Waals surface area contributed by atoms with Gasteiger partial charge in [0, 0.05) is 29.9 Å². The van der Waals surface area contributed by atoms with Gasteiger partial charge in [-0.05, 0) is 110 Å². The van der Waals surface area contributed by atoms with Crippen molar-refractivity contribution in [3.8, 4) is 28.0 Å². The molecule has 1 aliphatic carbocycles. The lowest BCUT2D eigenvalue weighted by atomic mass is 9.79. The second kappa shape index (κ2) is 15.3. The molecule has 3 aromatic rings. The molecule has 0 atom stereocenters. The molecule has 0 amide bonds. The molecule has 0 unspecified atom stereocenters. The lowest BCUT2D eigenvalue weighted by Crippen LogP contribution is -2.11. The van der Waals surface area contributed by atoms with Crippen LogP contribution in [0.25, 0.3) is 22.3 Å². The zero-order valence-corrected chi connectivity index (χ0v) is 25.1. The van der Waals surface area contributed by atoms with E-state index in [1.807, 2.05) is 30.3 Å². The van der Waals surface area contributed by atoms with Crippen LogP contribution in [-0.4, -0.2) is 29.4 Å². The Morgan fingerprint density at radius 2 is 1.64 bits per heavy atom. The zero-order chi connectivity index (χ0) is 30.1. The van der Waals surface area contributed by atoms with Crippen molar-refractivity contribution in [2.45, 2.75) is 84.0 Å². The highest BCUT2D eigenvalue weighted by atomic mass is 19.1. The number of aliphatic hydroxyl groups excluding tert-OH is 2. The summed E-state index contributed by atoms with van der Waals surface area (Å²) in [6, 6.07) is 17.5. The zero-order valence-electron chi connectivity index (χ0n) is 25.1. The van der Waals surface area contributed by atoms with Crippen LogP contribution in [0.15, 0.2) is 66.7 Å². The molecule has 0 spiro atoms. The summed E-state index contributed by atoms with van der Waals surface area (Å²) in [6.07, 6.45) is 8.89. The molecule has 0 heterocycles. The molecule has 1 aliphatic rings. The van der Waals surface area contributed by atoms with Gasteiger partial charge in [-0.2, -0.15) is 0 Å². The van der Waals surface area contributed by atoms with Crippen LogP contribution in [0, 0.1) is 11.7 Å². The van der Waals surface area contributed by atoms with E-state index >= 15 is 4.39 Å². The predicted molar refractivity (Wildman–Crippen MR) is 168 cm³/mol. The van der Waals surface area contributed by atoms with Gasteiger partial charge >= 0.3 is 5.97 Å². The molecule has 1 saturated carbocycles. The van der Waals surface area contributed by atoms with Gasteiger partial charge in [0.1, 0.15) is 11.6 Å². The van der Waals surface area contributed by atoms with Gasteiger partial charge in [-0.25, -0.2) is 9.18 Å². The smallest absolute Gasteiger partial charge is 0.338 e. The molecule has 0 aliphatic heterocycles. The average molecular weight is 573 g/mol. The van der Waals surface area contributed by atoms with E-state index in [2.05, 4.69) is 25.6 Å². The molecule has 0 bridgehead atoms. The van der Waals surface area contributed by atoms with E-state index in [4.69, 9.17) is 4.74 Å². The van der Waals surface area contributed by atoms with E-state index in [-0.39, 0.29) is 24.6 Å². The van der Waals surface area contributed by atoms with Crippen molar-refractivity contribution in [2.24, 2.45) is 5.92 Å². The first-order chi connectivity index (χ1) is 20.3.